The fraction of sp³-hybridized carbons (Fsp3) is 0.167. The molecular weight excluding hydrogens is 288 g/mol. The standard InChI is InChI=1S/C18H16N4O/c1-21-16(11-13-7-3-2-4-8-13)17(12-18(21)23)22-15-10-6-5-9-14(15)19-20-22/h2-10,12,16H,11H2,1H3. The Labute approximate surface area is 133 Å². The number of aromatic nitrogens is 3. The summed E-state index contributed by atoms with van der Waals surface area (Å²) in [6, 6.07) is 17.9. The van der Waals surface area contributed by atoms with Crippen LogP contribution in [0.3, 0.4) is 0 Å². The van der Waals surface area contributed by atoms with Gasteiger partial charge in [-0.05, 0) is 24.1 Å². The summed E-state index contributed by atoms with van der Waals surface area (Å²) in [5.41, 5.74) is 3.80. The van der Waals surface area contributed by atoms with Crippen molar-refractivity contribution in [2.75, 3.05) is 7.05 Å². The smallest absolute Gasteiger partial charge is 0.248 e. The van der Waals surface area contributed by atoms with Gasteiger partial charge in [0.15, 0.2) is 0 Å². The lowest BCUT2D eigenvalue weighted by Crippen LogP contribution is -2.34. The molecule has 5 nitrogen and oxygen atoms in total. The highest BCUT2D eigenvalue weighted by molar-refractivity contribution is 5.99. The molecule has 1 unspecified atom stereocenters. The van der Waals surface area contributed by atoms with Crippen molar-refractivity contribution < 1.29 is 4.79 Å². The highest BCUT2D eigenvalue weighted by atomic mass is 16.2. The Kier molecular flexibility index (Phi) is 3.19. The van der Waals surface area contributed by atoms with Gasteiger partial charge in [0.2, 0.25) is 5.91 Å². The summed E-state index contributed by atoms with van der Waals surface area (Å²) in [5, 5.41) is 8.45. The summed E-state index contributed by atoms with van der Waals surface area (Å²) < 4.78 is 1.78. The first-order valence-corrected chi connectivity index (χ1v) is 7.57. The topological polar surface area (TPSA) is 51.0 Å². The summed E-state index contributed by atoms with van der Waals surface area (Å²) >= 11 is 0. The van der Waals surface area contributed by atoms with Crippen molar-refractivity contribution in [1.29, 1.82) is 0 Å². The zero-order valence-corrected chi connectivity index (χ0v) is 12.8. The Morgan fingerprint density at radius 2 is 1.78 bits per heavy atom. The van der Waals surface area contributed by atoms with Crippen LogP contribution in [0.15, 0.2) is 60.7 Å². The molecule has 3 aromatic rings. The van der Waals surface area contributed by atoms with Gasteiger partial charge in [0.05, 0.1) is 17.3 Å². The van der Waals surface area contributed by atoms with Gasteiger partial charge in [-0.15, -0.1) is 5.10 Å². The number of hydrogen-bond acceptors (Lipinski definition) is 3. The minimum atomic E-state index is -0.0463. The first-order chi connectivity index (χ1) is 11.2. The quantitative estimate of drug-likeness (QED) is 0.746. The van der Waals surface area contributed by atoms with E-state index in [1.165, 1.54) is 5.56 Å². The fourth-order valence-electron chi connectivity index (χ4n) is 3.02. The van der Waals surface area contributed by atoms with Gasteiger partial charge in [-0.2, -0.15) is 0 Å². The molecule has 0 aliphatic carbocycles. The van der Waals surface area contributed by atoms with E-state index in [9.17, 15) is 4.79 Å². The van der Waals surface area contributed by atoms with Crippen molar-refractivity contribution >= 4 is 22.6 Å². The molecule has 0 spiro atoms. The van der Waals surface area contributed by atoms with E-state index >= 15 is 0 Å². The highest BCUT2D eigenvalue weighted by Gasteiger charge is 2.32. The van der Waals surface area contributed by atoms with Crippen LogP contribution in [0.1, 0.15) is 5.56 Å². The third-order valence-electron chi connectivity index (χ3n) is 4.30. The molecule has 2 heterocycles. The van der Waals surface area contributed by atoms with Crippen LogP contribution in [-0.4, -0.2) is 38.9 Å². The monoisotopic (exact) mass is 304 g/mol. The normalized spacial score (nSPS) is 17.8. The van der Waals surface area contributed by atoms with Gasteiger partial charge < -0.3 is 4.90 Å². The van der Waals surface area contributed by atoms with Crippen molar-refractivity contribution in [3.8, 4) is 0 Å². The lowest BCUT2D eigenvalue weighted by atomic mass is 10.0. The largest absolute Gasteiger partial charge is 0.333 e. The first-order valence-electron chi connectivity index (χ1n) is 7.57. The van der Waals surface area contributed by atoms with Crippen LogP contribution in [0, 0.1) is 0 Å². The second-order valence-corrected chi connectivity index (χ2v) is 5.71. The van der Waals surface area contributed by atoms with Crippen LogP contribution in [0.4, 0.5) is 0 Å². The third kappa shape index (κ3) is 2.30. The van der Waals surface area contributed by atoms with Gasteiger partial charge in [-0.3, -0.25) is 4.79 Å². The summed E-state index contributed by atoms with van der Waals surface area (Å²) in [7, 11) is 1.83. The van der Waals surface area contributed by atoms with E-state index < -0.39 is 0 Å². The zero-order chi connectivity index (χ0) is 15.8. The van der Waals surface area contributed by atoms with Crippen molar-refractivity contribution in [3.63, 3.8) is 0 Å². The fourth-order valence-corrected chi connectivity index (χ4v) is 3.02. The van der Waals surface area contributed by atoms with Crippen LogP contribution in [0.25, 0.3) is 16.7 Å². The third-order valence-corrected chi connectivity index (χ3v) is 4.30. The van der Waals surface area contributed by atoms with E-state index in [1.54, 1.807) is 15.7 Å². The number of rotatable bonds is 3. The number of likely N-dealkylation sites (N-methyl/N-ethyl adjacent to an activating group) is 1. The van der Waals surface area contributed by atoms with Crippen LogP contribution in [0.5, 0.6) is 0 Å². The van der Waals surface area contributed by atoms with Crippen LogP contribution in [0.2, 0.25) is 0 Å². The van der Waals surface area contributed by atoms with Gasteiger partial charge in [-0.1, -0.05) is 47.7 Å². The second kappa shape index (κ2) is 5.35. The summed E-state index contributed by atoms with van der Waals surface area (Å²) in [4.78, 5) is 14.0. The molecular formula is C18H16N4O. The van der Waals surface area contributed by atoms with E-state index in [2.05, 4.69) is 22.4 Å². The van der Waals surface area contributed by atoms with Gasteiger partial charge in [0, 0.05) is 13.1 Å². The predicted molar refractivity (Wildman–Crippen MR) is 88.5 cm³/mol. The number of carbonyl (C=O) groups is 1. The molecule has 0 fully saturated rings. The van der Waals surface area contributed by atoms with Gasteiger partial charge in [-0.25, -0.2) is 4.68 Å². The average Bonchev–Trinajstić information content (AvgIpc) is 3.12. The molecule has 1 amide bonds. The molecule has 1 aliphatic heterocycles. The van der Waals surface area contributed by atoms with Gasteiger partial charge in [0.25, 0.3) is 0 Å². The van der Waals surface area contributed by atoms with E-state index in [4.69, 9.17) is 0 Å². The molecule has 23 heavy (non-hydrogen) atoms. The van der Waals surface area contributed by atoms with E-state index in [1.807, 2.05) is 49.5 Å². The van der Waals surface area contributed by atoms with Crippen LogP contribution < -0.4 is 0 Å². The Bertz CT molecular complexity index is 898. The molecule has 5 heteroatoms. The first kappa shape index (κ1) is 13.7. The van der Waals surface area contributed by atoms with Crippen LogP contribution in [-0.2, 0) is 11.2 Å². The lowest BCUT2D eigenvalue weighted by molar-refractivity contribution is -0.124. The molecule has 1 aromatic heterocycles. The molecule has 0 saturated carbocycles. The molecule has 0 bridgehead atoms. The second-order valence-electron chi connectivity index (χ2n) is 5.71. The van der Waals surface area contributed by atoms with Gasteiger partial charge >= 0.3 is 0 Å². The molecule has 0 N–H and O–H groups in total. The van der Waals surface area contributed by atoms with Crippen molar-refractivity contribution in [1.82, 2.24) is 19.9 Å². The van der Waals surface area contributed by atoms with Crippen molar-refractivity contribution in [2.24, 2.45) is 0 Å². The average molecular weight is 304 g/mol. The van der Waals surface area contributed by atoms with Crippen LogP contribution >= 0.6 is 0 Å². The maximum atomic E-state index is 12.2. The van der Waals surface area contributed by atoms with Crippen molar-refractivity contribution in [3.05, 3.63) is 66.2 Å². The maximum Gasteiger partial charge on any atom is 0.248 e. The predicted octanol–water partition coefficient (Wildman–Crippen LogP) is 2.36. The molecule has 114 valence electrons. The molecule has 0 saturated heterocycles. The molecule has 4 rings (SSSR count). The molecule has 2 aromatic carbocycles. The lowest BCUT2D eigenvalue weighted by Gasteiger charge is -2.23. The summed E-state index contributed by atoms with van der Waals surface area (Å²) in [6.45, 7) is 0. The molecule has 0 radical (unpaired) electrons. The minimum Gasteiger partial charge on any atom is -0.333 e. The van der Waals surface area contributed by atoms with E-state index in [0.717, 1.165) is 23.2 Å². The maximum absolute atomic E-state index is 12.2. The summed E-state index contributed by atoms with van der Waals surface area (Å²) in [6.07, 6.45) is 2.41. The minimum absolute atomic E-state index is 0.000474. The molecule has 1 atom stereocenters. The zero-order valence-electron chi connectivity index (χ0n) is 12.8. The number of para-hydroxylation sites is 1. The van der Waals surface area contributed by atoms with Crippen molar-refractivity contribution in [2.45, 2.75) is 12.5 Å². The van der Waals surface area contributed by atoms with Gasteiger partial charge in [0.1, 0.15) is 5.52 Å². The Hall–Kier alpha value is -2.95. The number of hydrogen-bond donors (Lipinski definition) is 0. The Balaban J connectivity index is 1.76. The highest BCUT2D eigenvalue weighted by Crippen LogP contribution is 2.27. The molecule has 1 aliphatic rings. The number of fused-ring (bicyclic) bond motifs is 1. The SMILES string of the molecule is CN1C(=O)C=C(n2nnc3ccccc32)C1Cc1ccccc1. The number of carbonyl (C=O) groups excluding carboxylic acids is 1. The summed E-state index contributed by atoms with van der Waals surface area (Å²) in [5.74, 6) is 0.000474. The number of benzene rings is 2. The van der Waals surface area contributed by atoms with E-state index in [-0.39, 0.29) is 11.9 Å². The van der Waals surface area contributed by atoms with E-state index in [0.29, 0.717) is 0 Å². The number of nitrogens with zero attached hydrogens (tertiary/aromatic N) is 4. The Morgan fingerprint density at radius 3 is 2.61 bits per heavy atom. The number of amides is 1. The Morgan fingerprint density at radius 1 is 1.04 bits per heavy atom.